The van der Waals surface area contributed by atoms with Gasteiger partial charge in [-0.1, -0.05) is 20.3 Å². The van der Waals surface area contributed by atoms with E-state index in [1.54, 1.807) is 7.11 Å². The number of anilines is 1. The summed E-state index contributed by atoms with van der Waals surface area (Å²) in [4.78, 5) is 0. The van der Waals surface area contributed by atoms with E-state index in [1.165, 1.54) is 43.4 Å². The fraction of sp³-hybridized carbons (Fsp3) is 0.647. The molecule has 1 aromatic rings. The lowest BCUT2D eigenvalue weighted by Crippen LogP contribution is -2.19. The van der Waals surface area contributed by atoms with Crippen molar-refractivity contribution in [3.05, 3.63) is 23.8 Å². The summed E-state index contributed by atoms with van der Waals surface area (Å²) in [5.74, 6) is 0.935. The van der Waals surface area contributed by atoms with Crippen LogP contribution in [0.2, 0.25) is 0 Å². The number of ether oxygens (including phenoxy) is 1. The van der Waals surface area contributed by atoms with Crippen LogP contribution in [0.5, 0.6) is 5.75 Å². The molecule has 19 heavy (non-hydrogen) atoms. The first kappa shape index (κ1) is 14.2. The second-order valence-electron chi connectivity index (χ2n) is 6.62. The molecular weight excluding hydrogens is 234 g/mol. The Morgan fingerprint density at radius 2 is 2.00 bits per heavy atom. The zero-order valence-corrected chi connectivity index (χ0v) is 12.8. The Labute approximate surface area is 117 Å². The summed E-state index contributed by atoms with van der Waals surface area (Å²) in [6, 6.07) is 6.90. The van der Waals surface area contributed by atoms with Crippen LogP contribution in [0.1, 0.15) is 51.5 Å². The third-order valence-electron chi connectivity index (χ3n) is 4.37. The van der Waals surface area contributed by atoms with Gasteiger partial charge in [-0.15, -0.1) is 0 Å². The molecule has 1 unspecified atom stereocenters. The van der Waals surface area contributed by atoms with Crippen LogP contribution in [-0.4, -0.2) is 13.2 Å². The first-order valence-electron chi connectivity index (χ1n) is 7.41. The van der Waals surface area contributed by atoms with E-state index in [4.69, 9.17) is 4.74 Å². The van der Waals surface area contributed by atoms with Gasteiger partial charge in [-0.25, -0.2) is 0 Å². The van der Waals surface area contributed by atoms with E-state index in [0.29, 0.717) is 11.5 Å². The number of hydrogen-bond acceptors (Lipinski definition) is 2. The topological polar surface area (TPSA) is 21.3 Å². The zero-order valence-electron chi connectivity index (χ0n) is 12.8. The molecule has 0 amide bonds. The zero-order chi connectivity index (χ0) is 13.9. The van der Waals surface area contributed by atoms with E-state index in [2.05, 4.69) is 38.2 Å². The molecule has 2 nitrogen and oxygen atoms in total. The van der Waals surface area contributed by atoms with Crippen LogP contribution in [0.15, 0.2) is 18.2 Å². The van der Waals surface area contributed by atoms with Crippen LogP contribution in [-0.2, 0) is 0 Å². The van der Waals surface area contributed by atoms with Crippen LogP contribution in [0, 0.1) is 12.3 Å². The van der Waals surface area contributed by atoms with E-state index in [9.17, 15) is 0 Å². The van der Waals surface area contributed by atoms with Gasteiger partial charge in [-0.3, -0.25) is 0 Å². The van der Waals surface area contributed by atoms with Gasteiger partial charge in [0, 0.05) is 11.7 Å². The number of methoxy groups -OCH3 is 1. The van der Waals surface area contributed by atoms with E-state index >= 15 is 0 Å². The highest BCUT2D eigenvalue weighted by atomic mass is 16.5. The van der Waals surface area contributed by atoms with Crippen molar-refractivity contribution < 1.29 is 4.74 Å². The maximum absolute atomic E-state index is 5.26. The molecule has 1 aromatic carbocycles. The summed E-state index contributed by atoms with van der Waals surface area (Å²) in [6.45, 7) is 6.94. The van der Waals surface area contributed by atoms with Gasteiger partial charge in [0.1, 0.15) is 5.75 Å². The smallest absolute Gasteiger partial charge is 0.119 e. The summed E-state index contributed by atoms with van der Waals surface area (Å²) in [5, 5.41) is 3.72. The lowest BCUT2D eigenvalue weighted by Gasteiger charge is -2.23. The Morgan fingerprint density at radius 3 is 2.68 bits per heavy atom. The van der Waals surface area contributed by atoms with Crippen molar-refractivity contribution in [2.75, 3.05) is 12.4 Å². The third-order valence-corrected chi connectivity index (χ3v) is 4.37. The maximum atomic E-state index is 5.26. The lowest BCUT2D eigenvalue weighted by molar-refractivity contribution is 0.313. The fourth-order valence-electron chi connectivity index (χ4n) is 2.95. The Bertz CT molecular complexity index is 425. The maximum Gasteiger partial charge on any atom is 0.119 e. The summed E-state index contributed by atoms with van der Waals surface area (Å²) in [5.41, 5.74) is 3.04. The Kier molecular flexibility index (Phi) is 4.38. The first-order valence-corrected chi connectivity index (χ1v) is 7.41. The van der Waals surface area contributed by atoms with Crippen LogP contribution < -0.4 is 10.1 Å². The minimum Gasteiger partial charge on any atom is -0.497 e. The molecule has 1 atom stereocenters. The molecule has 0 heterocycles. The van der Waals surface area contributed by atoms with E-state index in [-0.39, 0.29) is 0 Å². The highest BCUT2D eigenvalue weighted by Crippen LogP contribution is 2.35. The molecule has 0 spiro atoms. The standard InChI is InChI=1S/C17H27NO/c1-13-12-15(19-4)7-8-16(13)18-14-6-5-10-17(2,3)11-9-14/h7-8,12,14,18H,5-6,9-11H2,1-4H3. The van der Waals surface area contributed by atoms with Gasteiger partial charge >= 0.3 is 0 Å². The molecule has 0 aliphatic heterocycles. The second kappa shape index (κ2) is 5.85. The molecule has 1 fully saturated rings. The molecule has 0 radical (unpaired) electrons. The highest BCUT2D eigenvalue weighted by molar-refractivity contribution is 5.54. The highest BCUT2D eigenvalue weighted by Gasteiger charge is 2.24. The summed E-state index contributed by atoms with van der Waals surface area (Å²) in [7, 11) is 1.72. The number of nitrogens with one attached hydrogen (secondary N) is 1. The summed E-state index contributed by atoms with van der Waals surface area (Å²) in [6.07, 6.45) is 6.57. The molecule has 1 aliphatic carbocycles. The van der Waals surface area contributed by atoms with Crippen molar-refractivity contribution in [2.45, 2.75) is 58.9 Å². The van der Waals surface area contributed by atoms with Gasteiger partial charge in [-0.2, -0.15) is 0 Å². The average Bonchev–Trinajstić information content (AvgIpc) is 2.53. The molecule has 0 saturated heterocycles. The Hall–Kier alpha value is -1.18. The Morgan fingerprint density at radius 1 is 1.21 bits per heavy atom. The molecule has 1 saturated carbocycles. The predicted molar refractivity (Wildman–Crippen MR) is 82.0 cm³/mol. The molecule has 1 N–H and O–H groups in total. The van der Waals surface area contributed by atoms with Crippen molar-refractivity contribution in [3.8, 4) is 5.75 Å². The molecule has 106 valence electrons. The van der Waals surface area contributed by atoms with Crippen molar-refractivity contribution in [1.82, 2.24) is 0 Å². The van der Waals surface area contributed by atoms with Crippen LogP contribution >= 0.6 is 0 Å². The lowest BCUT2D eigenvalue weighted by atomic mass is 9.85. The van der Waals surface area contributed by atoms with Gasteiger partial charge < -0.3 is 10.1 Å². The fourth-order valence-corrected chi connectivity index (χ4v) is 2.95. The summed E-state index contributed by atoms with van der Waals surface area (Å²) < 4.78 is 5.26. The minimum atomic E-state index is 0.519. The molecule has 2 heteroatoms. The van der Waals surface area contributed by atoms with Crippen LogP contribution in [0.25, 0.3) is 0 Å². The van der Waals surface area contributed by atoms with Crippen molar-refractivity contribution in [3.63, 3.8) is 0 Å². The summed E-state index contributed by atoms with van der Waals surface area (Å²) >= 11 is 0. The average molecular weight is 261 g/mol. The largest absolute Gasteiger partial charge is 0.497 e. The molecule has 0 bridgehead atoms. The van der Waals surface area contributed by atoms with Crippen molar-refractivity contribution >= 4 is 5.69 Å². The quantitative estimate of drug-likeness (QED) is 0.791. The number of aryl methyl sites for hydroxylation is 1. The van der Waals surface area contributed by atoms with E-state index in [1.807, 2.05) is 6.07 Å². The van der Waals surface area contributed by atoms with E-state index in [0.717, 1.165) is 5.75 Å². The third kappa shape index (κ3) is 3.89. The monoisotopic (exact) mass is 261 g/mol. The van der Waals surface area contributed by atoms with Gasteiger partial charge in [0.15, 0.2) is 0 Å². The molecule has 2 rings (SSSR count). The van der Waals surface area contributed by atoms with Gasteiger partial charge in [0.2, 0.25) is 0 Å². The van der Waals surface area contributed by atoms with Gasteiger partial charge in [0.25, 0.3) is 0 Å². The van der Waals surface area contributed by atoms with E-state index < -0.39 is 0 Å². The number of rotatable bonds is 3. The Balaban J connectivity index is 2.01. The van der Waals surface area contributed by atoms with Crippen molar-refractivity contribution in [2.24, 2.45) is 5.41 Å². The molecule has 1 aliphatic rings. The molecule has 0 aromatic heterocycles. The van der Waals surface area contributed by atoms with Gasteiger partial charge in [0.05, 0.1) is 7.11 Å². The first-order chi connectivity index (χ1) is 9.00. The normalized spacial score (nSPS) is 22.6. The predicted octanol–water partition coefficient (Wildman–Crippen LogP) is 4.77. The minimum absolute atomic E-state index is 0.519. The SMILES string of the molecule is COc1ccc(NC2CCCC(C)(C)CC2)c(C)c1. The van der Waals surface area contributed by atoms with Crippen LogP contribution in [0.4, 0.5) is 5.69 Å². The van der Waals surface area contributed by atoms with Gasteiger partial charge in [-0.05, 0) is 61.8 Å². The van der Waals surface area contributed by atoms with Crippen molar-refractivity contribution in [1.29, 1.82) is 0 Å². The number of hydrogen-bond donors (Lipinski definition) is 1. The number of benzene rings is 1. The second-order valence-corrected chi connectivity index (χ2v) is 6.62. The molecular formula is C17H27NO. The van der Waals surface area contributed by atoms with Crippen LogP contribution in [0.3, 0.4) is 0 Å².